The summed E-state index contributed by atoms with van der Waals surface area (Å²) in [4.78, 5) is 34.6. The van der Waals surface area contributed by atoms with E-state index in [2.05, 4.69) is 15.6 Å². The average Bonchev–Trinajstić information content (AvgIpc) is 2.52. The predicted molar refractivity (Wildman–Crippen MR) is 79.7 cm³/mol. The predicted octanol–water partition coefficient (Wildman–Crippen LogP) is -0.867. The molecule has 0 saturated heterocycles. The normalized spacial score (nSPS) is 13.5. The Bertz CT molecular complexity index is 799. The number of hydrogen-bond acceptors (Lipinski definition) is 6. The van der Waals surface area contributed by atoms with Gasteiger partial charge in [-0.2, -0.15) is 0 Å². The lowest BCUT2D eigenvalue weighted by molar-refractivity contribution is -0.156. The zero-order valence-corrected chi connectivity index (χ0v) is 12.4. The van der Waals surface area contributed by atoms with Crippen LogP contribution in [0.5, 0.6) is 0 Å². The number of aliphatic hydroxyl groups is 1. The molecule has 0 fully saturated rings. The van der Waals surface area contributed by atoms with E-state index in [4.69, 9.17) is 5.11 Å². The van der Waals surface area contributed by atoms with Gasteiger partial charge in [0.2, 0.25) is 5.91 Å². The second-order valence-electron chi connectivity index (χ2n) is 5.24. The Morgan fingerprint density at radius 2 is 2.04 bits per heavy atom. The van der Waals surface area contributed by atoms with E-state index in [-0.39, 0.29) is 18.5 Å². The summed E-state index contributed by atoms with van der Waals surface area (Å²) in [6.07, 6.45) is -0.0946. The lowest BCUT2D eigenvalue weighted by Gasteiger charge is -2.18. The highest BCUT2D eigenvalue weighted by Gasteiger charge is 2.30. The van der Waals surface area contributed by atoms with Gasteiger partial charge in [0, 0.05) is 6.42 Å². The van der Waals surface area contributed by atoms with Gasteiger partial charge in [-0.05, 0) is 19.1 Å². The van der Waals surface area contributed by atoms with Crippen LogP contribution in [0.25, 0.3) is 10.9 Å². The van der Waals surface area contributed by atoms with Gasteiger partial charge in [-0.25, -0.2) is 9.48 Å². The standard InChI is InChI=1S/C14H16N4O5/c1-14(23,13(21)22)8-15-11(19)6-7-18-12(20)9-4-2-3-5-10(9)16-17-18/h2-5,23H,6-8H2,1H3,(H,15,19)(H,21,22). The fourth-order valence-electron chi connectivity index (χ4n) is 1.81. The maximum absolute atomic E-state index is 12.2. The first-order valence-electron chi connectivity index (χ1n) is 6.86. The molecule has 23 heavy (non-hydrogen) atoms. The quantitative estimate of drug-likeness (QED) is 0.630. The third-order valence-electron chi connectivity index (χ3n) is 3.27. The first-order chi connectivity index (χ1) is 10.8. The number of aliphatic carboxylic acids is 1. The van der Waals surface area contributed by atoms with E-state index in [1.54, 1.807) is 24.3 Å². The van der Waals surface area contributed by atoms with E-state index in [9.17, 15) is 19.5 Å². The molecule has 9 nitrogen and oxygen atoms in total. The number of carbonyl (C=O) groups excluding carboxylic acids is 1. The average molecular weight is 320 g/mol. The Morgan fingerprint density at radius 1 is 1.35 bits per heavy atom. The number of benzene rings is 1. The Hall–Kier alpha value is -2.81. The van der Waals surface area contributed by atoms with E-state index < -0.39 is 24.0 Å². The summed E-state index contributed by atoms with van der Waals surface area (Å²) < 4.78 is 1.07. The molecular formula is C14H16N4O5. The molecule has 1 unspecified atom stereocenters. The van der Waals surface area contributed by atoms with Crippen LogP contribution in [0.4, 0.5) is 0 Å². The van der Waals surface area contributed by atoms with Crippen molar-refractivity contribution < 1.29 is 19.8 Å². The van der Waals surface area contributed by atoms with Crippen LogP contribution in [0, 0.1) is 0 Å². The van der Waals surface area contributed by atoms with Crippen molar-refractivity contribution in [3.8, 4) is 0 Å². The number of carbonyl (C=O) groups is 2. The highest BCUT2D eigenvalue weighted by molar-refractivity contribution is 5.80. The minimum Gasteiger partial charge on any atom is -0.479 e. The van der Waals surface area contributed by atoms with Crippen molar-refractivity contribution in [1.29, 1.82) is 0 Å². The third kappa shape index (κ3) is 3.89. The molecule has 1 atom stereocenters. The number of fused-ring (bicyclic) bond motifs is 1. The number of carboxylic acid groups (broad SMARTS) is 1. The monoisotopic (exact) mass is 320 g/mol. The van der Waals surface area contributed by atoms with Gasteiger partial charge in [0.05, 0.1) is 18.5 Å². The molecule has 0 aliphatic rings. The van der Waals surface area contributed by atoms with E-state index in [0.29, 0.717) is 10.9 Å². The number of amides is 1. The molecule has 3 N–H and O–H groups in total. The molecule has 0 aliphatic heterocycles. The minimum atomic E-state index is -2.05. The minimum absolute atomic E-state index is 0.00227. The number of nitrogens with zero attached hydrogens (tertiary/aromatic N) is 3. The van der Waals surface area contributed by atoms with Crippen molar-refractivity contribution in [3.63, 3.8) is 0 Å². The molecular weight excluding hydrogens is 304 g/mol. The lowest BCUT2D eigenvalue weighted by Crippen LogP contribution is -2.46. The van der Waals surface area contributed by atoms with Crippen LogP contribution in [-0.4, -0.2) is 49.2 Å². The third-order valence-corrected chi connectivity index (χ3v) is 3.27. The van der Waals surface area contributed by atoms with Crippen LogP contribution in [-0.2, 0) is 16.1 Å². The number of rotatable bonds is 6. The van der Waals surface area contributed by atoms with Gasteiger partial charge in [-0.3, -0.25) is 9.59 Å². The lowest BCUT2D eigenvalue weighted by atomic mass is 10.1. The molecule has 9 heteroatoms. The molecule has 2 rings (SSSR count). The number of carboxylic acids is 1. The molecule has 1 amide bonds. The van der Waals surface area contributed by atoms with Crippen molar-refractivity contribution in [2.24, 2.45) is 0 Å². The Labute approximate surface area is 130 Å². The van der Waals surface area contributed by atoms with E-state index in [0.717, 1.165) is 11.6 Å². The zero-order valence-electron chi connectivity index (χ0n) is 12.4. The highest BCUT2D eigenvalue weighted by atomic mass is 16.4. The van der Waals surface area contributed by atoms with Crippen molar-refractivity contribution in [1.82, 2.24) is 20.3 Å². The molecule has 0 spiro atoms. The van der Waals surface area contributed by atoms with E-state index >= 15 is 0 Å². The summed E-state index contributed by atoms with van der Waals surface area (Å²) in [5, 5.41) is 28.6. The van der Waals surface area contributed by atoms with Crippen molar-refractivity contribution in [2.75, 3.05) is 6.54 Å². The number of hydrogen-bond donors (Lipinski definition) is 3. The molecule has 1 heterocycles. The second-order valence-corrected chi connectivity index (χ2v) is 5.24. The largest absolute Gasteiger partial charge is 0.479 e. The summed E-state index contributed by atoms with van der Waals surface area (Å²) in [6.45, 7) is 0.645. The van der Waals surface area contributed by atoms with Gasteiger partial charge < -0.3 is 15.5 Å². The molecule has 122 valence electrons. The fraction of sp³-hybridized carbons (Fsp3) is 0.357. The Kier molecular flexibility index (Phi) is 4.70. The van der Waals surface area contributed by atoms with Crippen LogP contribution in [0.3, 0.4) is 0 Å². The first kappa shape index (κ1) is 16.6. The molecule has 1 aromatic heterocycles. The summed E-state index contributed by atoms with van der Waals surface area (Å²) in [7, 11) is 0. The van der Waals surface area contributed by atoms with Gasteiger partial charge in [0.25, 0.3) is 5.56 Å². The highest BCUT2D eigenvalue weighted by Crippen LogP contribution is 2.04. The van der Waals surface area contributed by atoms with Gasteiger partial charge in [-0.15, -0.1) is 5.10 Å². The first-order valence-corrected chi connectivity index (χ1v) is 6.86. The van der Waals surface area contributed by atoms with Crippen molar-refractivity contribution in [2.45, 2.75) is 25.5 Å². The summed E-state index contributed by atoms with van der Waals surface area (Å²) in [6, 6.07) is 6.72. The van der Waals surface area contributed by atoms with Gasteiger partial charge >= 0.3 is 5.97 Å². The SMILES string of the molecule is CC(O)(CNC(=O)CCn1nnc2ccccc2c1=O)C(=O)O. The topological polar surface area (TPSA) is 134 Å². The summed E-state index contributed by atoms with van der Waals surface area (Å²) in [5.41, 5.74) is -1.94. The van der Waals surface area contributed by atoms with Gasteiger partial charge in [0.1, 0.15) is 5.52 Å². The summed E-state index contributed by atoms with van der Waals surface area (Å²) >= 11 is 0. The van der Waals surface area contributed by atoms with E-state index in [1.165, 1.54) is 0 Å². The van der Waals surface area contributed by atoms with Crippen LogP contribution in [0.1, 0.15) is 13.3 Å². The Morgan fingerprint density at radius 3 is 2.74 bits per heavy atom. The molecule has 1 aromatic carbocycles. The van der Waals surface area contributed by atoms with Crippen LogP contribution in [0.15, 0.2) is 29.1 Å². The smallest absolute Gasteiger partial charge is 0.337 e. The van der Waals surface area contributed by atoms with Crippen molar-refractivity contribution >= 4 is 22.8 Å². The molecule has 0 radical (unpaired) electrons. The number of aromatic nitrogens is 3. The number of nitrogens with one attached hydrogen (secondary N) is 1. The van der Waals surface area contributed by atoms with Gasteiger partial charge in [-0.1, -0.05) is 17.3 Å². The second kappa shape index (κ2) is 6.53. The zero-order chi connectivity index (χ0) is 17.0. The summed E-state index contributed by atoms with van der Waals surface area (Å²) in [5.74, 6) is -1.94. The Balaban J connectivity index is 1.99. The molecule has 2 aromatic rings. The number of aryl methyl sites for hydroxylation is 1. The van der Waals surface area contributed by atoms with Crippen LogP contribution >= 0.6 is 0 Å². The molecule has 0 bridgehead atoms. The molecule has 0 saturated carbocycles. The fourth-order valence-corrected chi connectivity index (χ4v) is 1.81. The van der Waals surface area contributed by atoms with Crippen molar-refractivity contribution in [3.05, 3.63) is 34.6 Å². The van der Waals surface area contributed by atoms with Gasteiger partial charge in [0.15, 0.2) is 5.60 Å². The van der Waals surface area contributed by atoms with Crippen LogP contribution < -0.4 is 10.9 Å². The maximum atomic E-state index is 12.2. The van der Waals surface area contributed by atoms with Crippen LogP contribution in [0.2, 0.25) is 0 Å². The molecule has 0 aliphatic carbocycles. The maximum Gasteiger partial charge on any atom is 0.337 e. The van der Waals surface area contributed by atoms with E-state index in [1.807, 2.05) is 0 Å².